The molecule has 0 spiro atoms. The summed E-state index contributed by atoms with van der Waals surface area (Å²) in [7, 11) is 0. The lowest BCUT2D eigenvalue weighted by Crippen LogP contribution is -2.52. The summed E-state index contributed by atoms with van der Waals surface area (Å²) in [5.74, 6) is 2.59. The van der Waals surface area contributed by atoms with Gasteiger partial charge in [-0.15, -0.1) is 0 Å². The summed E-state index contributed by atoms with van der Waals surface area (Å²) in [5.41, 5.74) is 0.217. The molecule has 5 rings (SSSR count). The van der Waals surface area contributed by atoms with Crippen LogP contribution >= 0.6 is 0 Å². The minimum absolute atomic E-state index is 0.0351. The number of nitrogens with zero attached hydrogens (tertiary/aromatic N) is 2. The van der Waals surface area contributed by atoms with Crippen LogP contribution in [0.15, 0.2) is 0 Å². The molecule has 1 heterocycles. The molecule has 4 bridgehead atoms. The van der Waals surface area contributed by atoms with Crippen LogP contribution < -0.4 is 5.32 Å². The van der Waals surface area contributed by atoms with Gasteiger partial charge in [0, 0.05) is 39.5 Å². The fourth-order valence-electron chi connectivity index (χ4n) is 6.47. The van der Waals surface area contributed by atoms with Gasteiger partial charge in [0.25, 0.3) is 0 Å². The fraction of sp³-hybridized carbons (Fsp3) is 0.850. The standard InChI is InChI=1S/C20H31N3O3/c1-14(24)22-2-4-23(5-3-22)19(26)13-21-18(25)12-20-9-15-6-16(10-20)8-17(7-15)11-20/h15-17H,2-13H2,1H3,(H,21,25). The van der Waals surface area contributed by atoms with Crippen LogP contribution in [0.2, 0.25) is 0 Å². The predicted molar refractivity (Wildman–Crippen MR) is 97.1 cm³/mol. The van der Waals surface area contributed by atoms with Crippen molar-refractivity contribution in [2.45, 2.75) is 51.9 Å². The first-order valence-electron chi connectivity index (χ1n) is 10.2. The third kappa shape index (κ3) is 3.60. The number of nitrogens with one attached hydrogen (secondary N) is 1. The van der Waals surface area contributed by atoms with Gasteiger partial charge >= 0.3 is 0 Å². The Bertz CT molecular complexity index is 560. The Balaban J connectivity index is 1.23. The average molecular weight is 361 g/mol. The molecule has 6 nitrogen and oxygen atoms in total. The van der Waals surface area contributed by atoms with Crippen molar-refractivity contribution in [3.63, 3.8) is 0 Å². The molecule has 144 valence electrons. The first-order valence-corrected chi connectivity index (χ1v) is 10.2. The predicted octanol–water partition coefficient (Wildman–Crippen LogP) is 1.40. The number of piperazine rings is 1. The lowest BCUT2D eigenvalue weighted by Gasteiger charge is -2.56. The van der Waals surface area contributed by atoms with Gasteiger partial charge in [-0.1, -0.05) is 0 Å². The Kier molecular flexibility index (Phi) is 4.70. The molecule has 6 heteroatoms. The summed E-state index contributed by atoms with van der Waals surface area (Å²) in [6.45, 7) is 3.94. The molecule has 0 aromatic heterocycles. The molecule has 5 fully saturated rings. The van der Waals surface area contributed by atoms with Gasteiger partial charge in [-0.2, -0.15) is 0 Å². The Labute approximate surface area is 155 Å². The molecule has 1 N–H and O–H groups in total. The fourth-order valence-corrected chi connectivity index (χ4v) is 6.47. The summed E-state index contributed by atoms with van der Waals surface area (Å²) >= 11 is 0. The van der Waals surface area contributed by atoms with E-state index in [9.17, 15) is 14.4 Å². The molecule has 0 aromatic rings. The maximum atomic E-state index is 12.5. The Morgan fingerprint density at radius 1 is 0.885 bits per heavy atom. The molecule has 0 atom stereocenters. The SMILES string of the molecule is CC(=O)N1CCN(C(=O)CNC(=O)CC23CC4CC(CC(C4)C2)C3)CC1. The second-order valence-corrected chi connectivity index (χ2v) is 9.26. The molecular formula is C20H31N3O3. The van der Waals surface area contributed by atoms with Gasteiger partial charge < -0.3 is 15.1 Å². The van der Waals surface area contributed by atoms with E-state index in [1.54, 1.807) is 16.7 Å². The van der Waals surface area contributed by atoms with E-state index in [1.807, 2.05) is 0 Å². The number of hydrogen-bond acceptors (Lipinski definition) is 3. The highest BCUT2D eigenvalue weighted by Gasteiger charge is 2.51. The Morgan fingerprint density at radius 3 is 1.88 bits per heavy atom. The number of rotatable bonds is 4. The highest BCUT2D eigenvalue weighted by Crippen LogP contribution is 2.61. The van der Waals surface area contributed by atoms with E-state index in [0.717, 1.165) is 17.8 Å². The molecule has 1 aliphatic heterocycles. The molecule has 0 unspecified atom stereocenters. The second kappa shape index (κ2) is 6.86. The van der Waals surface area contributed by atoms with Crippen LogP contribution in [0.3, 0.4) is 0 Å². The number of hydrogen-bond donors (Lipinski definition) is 1. The maximum absolute atomic E-state index is 12.5. The Hall–Kier alpha value is -1.59. The summed E-state index contributed by atoms with van der Waals surface area (Å²) in [6, 6.07) is 0. The molecule has 4 aliphatic carbocycles. The summed E-state index contributed by atoms with van der Waals surface area (Å²) in [4.78, 5) is 39.7. The van der Waals surface area contributed by atoms with Crippen molar-refractivity contribution in [1.82, 2.24) is 15.1 Å². The van der Waals surface area contributed by atoms with E-state index in [0.29, 0.717) is 32.6 Å². The van der Waals surface area contributed by atoms with E-state index < -0.39 is 0 Å². The average Bonchev–Trinajstić information content (AvgIpc) is 2.58. The smallest absolute Gasteiger partial charge is 0.242 e. The van der Waals surface area contributed by atoms with Crippen molar-refractivity contribution in [3.8, 4) is 0 Å². The number of carbonyl (C=O) groups excluding carboxylic acids is 3. The zero-order chi connectivity index (χ0) is 18.3. The van der Waals surface area contributed by atoms with Crippen molar-refractivity contribution in [1.29, 1.82) is 0 Å². The molecule has 3 amide bonds. The van der Waals surface area contributed by atoms with Crippen molar-refractivity contribution < 1.29 is 14.4 Å². The minimum atomic E-state index is -0.0351. The van der Waals surface area contributed by atoms with Crippen molar-refractivity contribution in [2.24, 2.45) is 23.2 Å². The topological polar surface area (TPSA) is 69.7 Å². The van der Waals surface area contributed by atoms with E-state index >= 15 is 0 Å². The van der Waals surface area contributed by atoms with E-state index in [-0.39, 0.29) is 29.7 Å². The van der Waals surface area contributed by atoms with Crippen LogP contribution in [0, 0.1) is 23.2 Å². The van der Waals surface area contributed by atoms with Gasteiger partial charge in [0.1, 0.15) is 0 Å². The molecule has 5 aliphatic rings. The van der Waals surface area contributed by atoms with Crippen LogP contribution in [-0.2, 0) is 14.4 Å². The Morgan fingerprint density at radius 2 is 1.38 bits per heavy atom. The lowest BCUT2D eigenvalue weighted by atomic mass is 9.49. The van der Waals surface area contributed by atoms with Crippen molar-refractivity contribution in [2.75, 3.05) is 32.7 Å². The van der Waals surface area contributed by atoms with Crippen LogP contribution in [-0.4, -0.2) is 60.2 Å². The van der Waals surface area contributed by atoms with Crippen LogP contribution in [0.4, 0.5) is 0 Å². The quantitative estimate of drug-likeness (QED) is 0.823. The number of carbonyl (C=O) groups is 3. The first kappa shape index (κ1) is 17.8. The highest BCUT2D eigenvalue weighted by atomic mass is 16.2. The van der Waals surface area contributed by atoms with Crippen molar-refractivity contribution in [3.05, 3.63) is 0 Å². The molecule has 4 saturated carbocycles. The van der Waals surface area contributed by atoms with E-state index in [1.165, 1.54) is 38.5 Å². The highest BCUT2D eigenvalue weighted by molar-refractivity contribution is 5.85. The second-order valence-electron chi connectivity index (χ2n) is 9.26. The molecule has 0 aromatic carbocycles. The van der Waals surface area contributed by atoms with Crippen LogP contribution in [0.5, 0.6) is 0 Å². The molecule has 26 heavy (non-hydrogen) atoms. The zero-order valence-corrected chi connectivity index (χ0v) is 15.8. The van der Waals surface area contributed by atoms with E-state index in [4.69, 9.17) is 0 Å². The summed E-state index contributed by atoms with van der Waals surface area (Å²) < 4.78 is 0. The normalized spacial score (nSPS) is 35.5. The van der Waals surface area contributed by atoms with Gasteiger partial charge in [0.05, 0.1) is 6.54 Å². The number of amides is 3. The zero-order valence-electron chi connectivity index (χ0n) is 15.8. The molecular weight excluding hydrogens is 330 g/mol. The van der Waals surface area contributed by atoms with Gasteiger partial charge in [0.2, 0.25) is 17.7 Å². The third-order valence-electron chi connectivity index (χ3n) is 7.22. The molecule has 1 saturated heterocycles. The minimum Gasteiger partial charge on any atom is -0.347 e. The monoisotopic (exact) mass is 361 g/mol. The first-order chi connectivity index (χ1) is 12.4. The van der Waals surface area contributed by atoms with E-state index in [2.05, 4.69) is 5.32 Å². The van der Waals surface area contributed by atoms with Gasteiger partial charge in [-0.3, -0.25) is 14.4 Å². The van der Waals surface area contributed by atoms with Crippen LogP contribution in [0.25, 0.3) is 0 Å². The summed E-state index contributed by atoms with van der Waals surface area (Å²) in [5, 5.41) is 2.88. The third-order valence-corrected chi connectivity index (χ3v) is 7.22. The largest absolute Gasteiger partial charge is 0.347 e. The van der Waals surface area contributed by atoms with Gasteiger partial charge in [0.15, 0.2) is 0 Å². The van der Waals surface area contributed by atoms with Crippen molar-refractivity contribution >= 4 is 17.7 Å². The van der Waals surface area contributed by atoms with Crippen LogP contribution in [0.1, 0.15) is 51.9 Å². The van der Waals surface area contributed by atoms with Gasteiger partial charge in [-0.25, -0.2) is 0 Å². The summed E-state index contributed by atoms with van der Waals surface area (Å²) in [6.07, 6.45) is 8.39. The van der Waals surface area contributed by atoms with Gasteiger partial charge in [-0.05, 0) is 61.7 Å². The molecule has 0 radical (unpaired) electrons. The maximum Gasteiger partial charge on any atom is 0.242 e. The lowest BCUT2D eigenvalue weighted by molar-refractivity contribution is -0.139.